The van der Waals surface area contributed by atoms with E-state index >= 15 is 0 Å². The Morgan fingerprint density at radius 3 is 2.43 bits per heavy atom. The molecule has 1 aromatic carbocycles. The monoisotopic (exact) mass is 295 g/mol. The summed E-state index contributed by atoms with van der Waals surface area (Å²) in [6, 6.07) is 7.61. The summed E-state index contributed by atoms with van der Waals surface area (Å²) < 4.78 is 11.3. The first kappa shape index (κ1) is 17.1. The van der Waals surface area contributed by atoms with Gasteiger partial charge in [-0.1, -0.05) is 24.2 Å². The van der Waals surface area contributed by atoms with Gasteiger partial charge in [0, 0.05) is 6.54 Å². The Bertz CT molecular complexity index is 438. The summed E-state index contributed by atoms with van der Waals surface area (Å²) >= 11 is 0. The molecule has 0 aliphatic heterocycles. The van der Waals surface area contributed by atoms with E-state index in [4.69, 9.17) is 20.4 Å². The lowest BCUT2D eigenvalue weighted by atomic mass is 10.3. The largest absolute Gasteiger partial charge is 0.490 e. The number of ether oxygens (including phenoxy) is 2. The minimum absolute atomic E-state index is 0.207. The predicted octanol–water partition coefficient (Wildman–Crippen LogP) is 1.92. The summed E-state index contributed by atoms with van der Waals surface area (Å²) in [7, 11) is 0. The van der Waals surface area contributed by atoms with Gasteiger partial charge in [-0.15, -0.1) is 0 Å². The number of hydrogen-bond acceptors (Lipinski definition) is 5. The Morgan fingerprint density at radius 2 is 1.86 bits per heavy atom. The second kappa shape index (κ2) is 9.88. The predicted molar refractivity (Wildman–Crippen MR) is 83.2 cm³/mol. The second-order valence-corrected chi connectivity index (χ2v) is 4.60. The first-order chi connectivity index (χ1) is 10.2. The number of benzene rings is 1. The zero-order valence-corrected chi connectivity index (χ0v) is 12.8. The minimum atomic E-state index is 0.207. The van der Waals surface area contributed by atoms with Crippen molar-refractivity contribution >= 4 is 5.84 Å². The SMILES string of the molecule is CCCN(CCOc1ccccc1OCC)CC(N)=NO. The molecule has 0 radical (unpaired) electrons. The Labute approximate surface area is 126 Å². The van der Waals surface area contributed by atoms with Crippen molar-refractivity contribution < 1.29 is 14.7 Å². The highest BCUT2D eigenvalue weighted by Gasteiger charge is 2.08. The smallest absolute Gasteiger partial charge is 0.161 e. The molecular weight excluding hydrogens is 270 g/mol. The van der Waals surface area contributed by atoms with E-state index in [0.717, 1.165) is 24.5 Å². The molecular formula is C15H25N3O3. The zero-order chi connectivity index (χ0) is 15.5. The molecule has 1 aromatic rings. The van der Waals surface area contributed by atoms with Crippen LogP contribution >= 0.6 is 0 Å². The molecule has 6 heteroatoms. The van der Waals surface area contributed by atoms with Crippen LogP contribution in [0.2, 0.25) is 0 Å². The van der Waals surface area contributed by atoms with Crippen molar-refractivity contribution in [3.63, 3.8) is 0 Å². The van der Waals surface area contributed by atoms with Crippen LogP contribution in [0.1, 0.15) is 20.3 Å². The van der Waals surface area contributed by atoms with Gasteiger partial charge in [-0.25, -0.2) is 0 Å². The third-order valence-corrected chi connectivity index (χ3v) is 2.87. The summed E-state index contributed by atoms with van der Waals surface area (Å²) in [5, 5.41) is 11.6. The van der Waals surface area contributed by atoms with Crippen LogP contribution in [-0.2, 0) is 0 Å². The average Bonchev–Trinajstić information content (AvgIpc) is 2.49. The lowest BCUT2D eigenvalue weighted by molar-refractivity contribution is 0.215. The highest BCUT2D eigenvalue weighted by atomic mass is 16.5. The lowest BCUT2D eigenvalue weighted by Crippen LogP contribution is -2.37. The minimum Gasteiger partial charge on any atom is -0.490 e. The van der Waals surface area contributed by atoms with Gasteiger partial charge in [-0.3, -0.25) is 4.90 Å². The van der Waals surface area contributed by atoms with Crippen molar-refractivity contribution in [2.45, 2.75) is 20.3 Å². The van der Waals surface area contributed by atoms with Gasteiger partial charge >= 0.3 is 0 Å². The molecule has 0 aliphatic rings. The molecule has 0 bridgehead atoms. The van der Waals surface area contributed by atoms with E-state index in [1.54, 1.807) is 0 Å². The Kier molecular flexibility index (Phi) is 8.04. The fourth-order valence-corrected chi connectivity index (χ4v) is 1.98. The molecule has 6 nitrogen and oxygen atoms in total. The van der Waals surface area contributed by atoms with Gasteiger partial charge in [0.15, 0.2) is 17.3 Å². The molecule has 0 aliphatic carbocycles. The molecule has 0 atom stereocenters. The number of nitrogens with zero attached hydrogens (tertiary/aromatic N) is 2. The molecule has 118 valence electrons. The van der Waals surface area contributed by atoms with Crippen LogP contribution in [0.5, 0.6) is 11.5 Å². The summed E-state index contributed by atoms with van der Waals surface area (Å²) in [5.74, 6) is 1.69. The van der Waals surface area contributed by atoms with E-state index in [-0.39, 0.29) is 5.84 Å². The number of oxime groups is 1. The molecule has 0 fully saturated rings. The number of amidine groups is 1. The molecule has 0 amide bonds. The molecule has 1 rings (SSSR count). The summed E-state index contributed by atoms with van der Waals surface area (Å²) in [5.41, 5.74) is 5.55. The highest BCUT2D eigenvalue weighted by Crippen LogP contribution is 2.26. The van der Waals surface area contributed by atoms with E-state index in [2.05, 4.69) is 17.0 Å². The molecule has 3 N–H and O–H groups in total. The van der Waals surface area contributed by atoms with E-state index < -0.39 is 0 Å². The van der Waals surface area contributed by atoms with Crippen molar-refractivity contribution in [3.8, 4) is 11.5 Å². The van der Waals surface area contributed by atoms with Gasteiger partial charge in [0.1, 0.15) is 6.61 Å². The molecule has 21 heavy (non-hydrogen) atoms. The summed E-state index contributed by atoms with van der Waals surface area (Å²) in [6.07, 6.45) is 0.994. The molecule has 0 spiro atoms. The standard InChI is InChI=1S/C15H25N3O3/c1-3-9-18(12-15(16)17-19)10-11-21-14-8-6-5-7-13(14)20-4-2/h5-8,19H,3-4,9-12H2,1-2H3,(H2,16,17). The number of para-hydroxylation sites is 2. The van der Waals surface area contributed by atoms with Crippen LogP contribution in [0.25, 0.3) is 0 Å². The fraction of sp³-hybridized carbons (Fsp3) is 0.533. The zero-order valence-electron chi connectivity index (χ0n) is 12.8. The number of rotatable bonds is 10. The quantitative estimate of drug-likeness (QED) is 0.298. The normalized spacial score (nSPS) is 11.7. The van der Waals surface area contributed by atoms with Crippen molar-refractivity contribution in [2.75, 3.05) is 32.8 Å². The van der Waals surface area contributed by atoms with Gasteiger partial charge in [0.2, 0.25) is 0 Å². The average molecular weight is 295 g/mol. The van der Waals surface area contributed by atoms with Crippen LogP contribution in [-0.4, -0.2) is 48.8 Å². The maximum absolute atomic E-state index is 8.64. The van der Waals surface area contributed by atoms with Crippen LogP contribution in [0, 0.1) is 0 Å². The first-order valence-corrected chi connectivity index (χ1v) is 7.24. The van der Waals surface area contributed by atoms with Crippen LogP contribution < -0.4 is 15.2 Å². The summed E-state index contributed by atoms with van der Waals surface area (Å²) in [6.45, 7) is 7.15. The van der Waals surface area contributed by atoms with E-state index in [1.807, 2.05) is 31.2 Å². The maximum atomic E-state index is 8.64. The van der Waals surface area contributed by atoms with E-state index in [1.165, 1.54) is 0 Å². The third-order valence-electron chi connectivity index (χ3n) is 2.87. The number of nitrogens with two attached hydrogens (primary N) is 1. The van der Waals surface area contributed by atoms with Gasteiger partial charge in [-0.05, 0) is 32.0 Å². The number of hydrogen-bond donors (Lipinski definition) is 2. The van der Waals surface area contributed by atoms with Crippen molar-refractivity contribution in [1.82, 2.24) is 4.90 Å². The molecule has 0 heterocycles. The molecule has 0 saturated heterocycles. The Morgan fingerprint density at radius 1 is 1.19 bits per heavy atom. The highest BCUT2D eigenvalue weighted by molar-refractivity contribution is 5.81. The Hall–Kier alpha value is -1.95. The van der Waals surface area contributed by atoms with E-state index in [0.29, 0.717) is 26.3 Å². The van der Waals surface area contributed by atoms with Crippen molar-refractivity contribution in [3.05, 3.63) is 24.3 Å². The van der Waals surface area contributed by atoms with Crippen LogP contribution in [0.3, 0.4) is 0 Å². The lowest BCUT2D eigenvalue weighted by Gasteiger charge is -2.21. The fourth-order valence-electron chi connectivity index (χ4n) is 1.98. The molecule has 0 saturated carbocycles. The van der Waals surface area contributed by atoms with Crippen LogP contribution in [0.4, 0.5) is 0 Å². The third kappa shape index (κ3) is 6.35. The van der Waals surface area contributed by atoms with Crippen molar-refractivity contribution in [2.24, 2.45) is 10.9 Å². The van der Waals surface area contributed by atoms with Crippen molar-refractivity contribution in [1.29, 1.82) is 0 Å². The second-order valence-electron chi connectivity index (χ2n) is 4.60. The van der Waals surface area contributed by atoms with Gasteiger partial charge in [0.25, 0.3) is 0 Å². The Balaban J connectivity index is 2.49. The first-order valence-electron chi connectivity index (χ1n) is 7.24. The van der Waals surface area contributed by atoms with Crippen LogP contribution in [0.15, 0.2) is 29.4 Å². The molecule has 0 unspecified atom stereocenters. The van der Waals surface area contributed by atoms with E-state index in [9.17, 15) is 0 Å². The molecule has 0 aromatic heterocycles. The maximum Gasteiger partial charge on any atom is 0.161 e. The topological polar surface area (TPSA) is 80.3 Å². The summed E-state index contributed by atoms with van der Waals surface area (Å²) in [4.78, 5) is 2.08. The van der Waals surface area contributed by atoms with Gasteiger partial charge < -0.3 is 20.4 Å². The van der Waals surface area contributed by atoms with Gasteiger partial charge in [-0.2, -0.15) is 0 Å². The van der Waals surface area contributed by atoms with Gasteiger partial charge in [0.05, 0.1) is 13.2 Å².